The highest BCUT2D eigenvalue weighted by Gasteiger charge is 2.44. The van der Waals surface area contributed by atoms with Gasteiger partial charge in [-0.3, -0.25) is 0 Å². The van der Waals surface area contributed by atoms with Gasteiger partial charge in [0.1, 0.15) is 12.1 Å². The van der Waals surface area contributed by atoms with Gasteiger partial charge in [-0.25, -0.2) is 0 Å². The molecule has 0 aromatic rings. The fourth-order valence-electron chi connectivity index (χ4n) is 2.01. The Labute approximate surface area is 100 Å². The van der Waals surface area contributed by atoms with Gasteiger partial charge in [0.2, 0.25) is 0 Å². The molecule has 17 heavy (non-hydrogen) atoms. The van der Waals surface area contributed by atoms with Crippen LogP contribution < -0.4 is 0 Å². The summed E-state index contributed by atoms with van der Waals surface area (Å²) in [5, 5.41) is 13.6. The van der Waals surface area contributed by atoms with Crippen molar-refractivity contribution < 1.29 is 19.3 Å². The number of methoxy groups -OCH3 is 1. The molecule has 0 aromatic carbocycles. The lowest BCUT2D eigenvalue weighted by Gasteiger charge is -2.41. The fourth-order valence-corrected chi connectivity index (χ4v) is 2.01. The first-order valence-corrected chi connectivity index (χ1v) is 5.71. The summed E-state index contributed by atoms with van der Waals surface area (Å²) >= 11 is 0. The molecule has 7 heteroatoms. The Hall–Kier alpha value is -0.850. The predicted octanol–water partition coefficient (Wildman–Crippen LogP) is 1.21. The number of aliphatic hydroxyl groups excluding tert-OH is 1. The Kier molecular flexibility index (Phi) is 5.67. The smallest absolute Gasteiger partial charge is 0.169 e. The molecular weight excluding hydrogens is 226 g/mol. The molecule has 1 rings (SSSR count). The van der Waals surface area contributed by atoms with Crippen LogP contribution in [-0.2, 0) is 14.2 Å². The maximum atomic E-state index is 10.1. The van der Waals surface area contributed by atoms with Crippen LogP contribution in [0.2, 0.25) is 0 Å². The molecule has 0 bridgehead atoms. The Morgan fingerprint density at radius 3 is 2.65 bits per heavy atom. The van der Waals surface area contributed by atoms with Crippen molar-refractivity contribution in [3.8, 4) is 0 Å². The lowest BCUT2D eigenvalue weighted by molar-refractivity contribution is -0.262. The number of hydrogen-bond acceptors (Lipinski definition) is 5. The van der Waals surface area contributed by atoms with E-state index >= 15 is 0 Å². The molecule has 98 valence electrons. The number of nitrogens with zero attached hydrogens (tertiary/aromatic N) is 3. The largest absolute Gasteiger partial charge is 0.390 e. The highest BCUT2D eigenvalue weighted by Crippen LogP contribution is 2.27. The van der Waals surface area contributed by atoms with E-state index in [4.69, 9.17) is 19.7 Å². The normalized spacial score (nSPS) is 37.5. The van der Waals surface area contributed by atoms with Crippen molar-refractivity contribution in [2.24, 2.45) is 5.11 Å². The topological polar surface area (TPSA) is 96.7 Å². The van der Waals surface area contributed by atoms with Gasteiger partial charge in [-0.05, 0) is 18.9 Å². The minimum absolute atomic E-state index is 0.267. The van der Waals surface area contributed by atoms with Gasteiger partial charge in [0.15, 0.2) is 6.29 Å². The summed E-state index contributed by atoms with van der Waals surface area (Å²) in [7, 11) is 1.49. The van der Waals surface area contributed by atoms with Crippen LogP contribution in [0.4, 0.5) is 0 Å². The maximum absolute atomic E-state index is 10.1. The van der Waals surface area contributed by atoms with Gasteiger partial charge in [0, 0.05) is 18.6 Å². The van der Waals surface area contributed by atoms with Gasteiger partial charge in [-0.1, -0.05) is 12.0 Å². The van der Waals surface area contributed by atoms with Crippen LogP contribution in [0.3, 0.4) is 0 Å². The second-order valence-corrected chi connectivity index (χ2v) is 3.79. The second kappa shape index (κ2) is 6.78. The molecule has 0 aromatic heterocycles. The molecule has 1 heterocycles. The van der Waals surface area contributed by atoms with E-state index in [9.17, 15) is 5.11 Å². The van der Waals surface area contributed by atoms with E-state index in [1.54, 1.807) is 0 Å². The number of ether oxygens (including phenoxy) is 3. The third-order valence-electron chi connectivity index (χ3n) is 2.83. The average Bonchev–Trinajstić information content (AvgIpc) is 2.33. The van der Waals surface area contributed by atoms with Gasteiger partial charge in [-0.2, -0.15) is 0 Å². The van der Waals surface area contributed by atoms with Crippen LogP contribution in [0.1, 0.15) is 20.3 Å². The molecule has 7 nitrogen and oxygen atoms in total. The van der Waals surface area contributed by atoms with Crippen molar-refractivity contribution in [3.63, 3.8) is 0 Å². The SMILES string of the molecule is CCOC1OC(CC)[C@H](OC)[C@H](O)C1N=[N+]=[N-]. The molecule has 3 unspecified atom stereocenters. The van der Waals surface area contributed by atoms with Crippen molar-refractivity contribution in [1.29, 1.82) is 0 Å². The zero-order valence-corrected chi connectivity index (χ0v) is 10.3. The molecule has 5 atom stereocenters. The first-order valence-electron chi connectivity index (χ1n) is 5.71. The first-order chi connectivity index (χ1) is 8.19. The number of aliphatic hydroxyl groups is 1. The minimum atomic E-state index is -0.925. The van der Waals surface area contributed by atoms with Crippen molar-refractivity contribution >= 4 is 0 Å². The lowest BCUT2D eigenvalue weighted by atomic mass is 9.96. The number of rotatable bonds is 5. The Bertz CT molecular complexity index is 281. The van der Waals surface area contributed by atoms with Crippen LogP contribution in [0.5, 0.6) is 0 Å². The van der Waals surface area contributed by atoms with Gasteiger partial charge in [-0.15, -0.1) is 0 Å². The van der Waals surface area contributed by atoms with E-state index in [0.717, 1.165) is 0 Å². The van der Waals surface area contributed by atoms with Crippen LogP contribution in [0.25, 0.3) is 10.4 Å². The van der Waals surface area contributed by atoms with E-state index in [2.05, 4.69) is 10.0 Å². The van der Waals surface area contributed by atoms with Gasteiger partial charge in [0.25, 0.3) is 0 Å². The molecule has 0 spiro atoms. The molecule has 1 saturated heterocycles. The molecule has 0 aliphatic carbocycles. The average molecular weight is 245 g/mol. The lowest BCUT2D eigenvalue weighted by Crippen LogP contribution is -2.57. The van der Waals surface area contributed by atoms with Crippen LogP contribution in [0.15, 0.2) is 5.11 Å². The molecule has 1 fully saturated rings. The monoisotopic (exact) mass is 245 g/mol. The van der Waals surface area contributed by atoms with Crippen LogP contribution in [0, 0.1) is 0 Å². The summed E-state index contributed by atoms with van der Waals surface area (Å²) in [6.45, 7) is 4.16. The van der Waals surface area contributed by atoms with E-state index in [-0.39, 0.29) is 6.10 Å². The van der Waals surface area contributed by atoms with Crippen molar-refractivity contribution in [2.75, 3.05) is 13.7 Å². The second-order valence-electron chi connectivity index (χ2n) is 3.79. The van der Waals surface area contributed by atoms with Crippen molar-refractivity contribution in [1.82, 2.24) is 0 Å². The molecule has 0 radical (unpaired) electrons. The van der Waals surface area contributed by atoms with E-state index in [1.165, 1.54) is 7.11 Å². The minimum Gasteiger partial charge on any atom is -0.390 e. The predicted molar refractivity (Wildman–Crippen MR) is 60.3 cm³/mol. The van der Waals surface area contributed by atoms with Gasteiger partial charge < -0.3 is 19.3 Å². The summed E-state index contributed by atoms with van der Waals surface area (Å²) < 4.78 is 16.2. The molecule has 0 saturated carbocycles. The van der Waals surface area contributed by atoms with E-state index in [0.29, 0.717) is 13.0 Å². The highest BCUT2D eigenvalue weighted by molar-refractivity contribution is 4.94. The van der Waals surface area contributed by atoms with Gasteiger partial charge >= 0.3 is 0 Å². The zero-order chi connectivity index (χ0) is 12.8. The standard InChI is InChI=1S/C10H19N3O4/c1-4-6-9(15-3)8(14)7(12-13-11)10(17-6)16-5-2/h6-10,14H,4-5H2,1-3H3/t6?,7?,8-,9+,10?/m1/s1. The summed E-state index contributed by atoms with van der Waals surface area (Å²) in [6, 6.07) is -0.785. The Morgan fingerprint density at radius 1 is 1.47 bits per heavy atom. The third-order valence-corrected chi connectivity index (χ3v) is 2.83. The quantitative estimate of drug-likeness (QED) is 0.447. The summed E-state index contributed by atoms with van der Waals surface area (Å²) in [4.78, 5) is 2.71. The summed E-state index contributed by atoms with van der Waals surface area (Å²) in [5.41, 5.74) is 8.50. The Balaban J connectivity index is 2.88. The molecule has 1 aliphatic heterocycles. The van der Waals surface area contributed by atoms with Gasteiger partial charge in [0.05, 0.1) is 12.2 Å². The van der Waals surface area contributed by atoms with E-state index < -0.39 is 24.5 Å². The molecule has 1 N–H and O–H groups in total. The summed E-state index contributed by atoms with van der Waals surface area (Å²) in [6.07, 6.45) is -1.74. The zero-order valence-electron chi connectivity index (χ0n) is 10.3. The Morgan fingerprint density at radius 2 is 2.18 bits per heavy atom. The highest BCUT2D eigenvalue weighted by atomic mass is 16.7. The molecule has 0 amide bonds. The van der Waals surface area contributed by atoms with Crippen LogP contribution in [-0.4, -0.2) is 49.5 Å². The molecular formula is C10H19N3O4. The van der Waals surface area contributed by atoms with E-state index in [1.807, 2.05) is 13.8 Å². The first kappa shape index (κ1) is 14.2. The molecule has 1 aliphatic rings. The fraction of sp³-hybridized carbons (Fsp3) is 1.00. The summed E-state index contributed by atoms with van der Waals surface area (Å²) in [5.74, 6) is 0. The van der Waals surface area contributed by atoms with Crippen molar-refractivity contribution in [2.45, 2.75) is 50.9 Å². The number of azide groups is 1. The van der Waals surface area contributed by atoms with Crippen molar-refractivity contribution in [3.05, 3.63) is 10.4 Å². The third kappa shape index (κ3) is 3.08. The number of hydrogen-bond donors (Lipinski definition) is 1. The maximum Gasteiger partial charge on any atom is 0.169 e. The van der Waals surface area contributed by atoms with Crippen LogP contribution >= 0.6 is 0 Å².